The van der Waals surface area contributed by atoms with Crippen molar-refractivity contribution >= 4 is 41.3 Å². The zero-order valence-corrected chi connectivity index (χ0v) is 16.6. The first-order chi connectivity index (χ1) is 9.99. The summed E-state index contributed by atoms with van der Waals surface area (Å²) in [7, 11) is 1.74. The van der Waals surface area contributed by atoms with Crippen molar-refractivity contribution in [1.82, 2.24) is 20.6 Å². The molecule has 0 atom stereocenters. The van der Waals surface area contributed by atoms with Crippen molar-refractivity contribution in [3.05, 3.63) is 32.9 Å². The molecule has 6 nitrogen and oxygen atoms in total. The van der Waals surface area contributed by atoms with Crippen molar-refractivity contribution < 1.29 is 4.42 Å². The van der Waals surface area contributed by atoms with Crippen LogP contribution < -0.4 is 10.6 Å². The highest BCUT2D eigenvalue weighted by Gasteiger charge is 2.08. The van der Waals surface area contributed by atoms with Gasteiger partial charge in [0.15, 0.2) is 5.96 Å². The molecule has 0 fully saturated rings. The summed E-state index contributed by atoms with van der Waals surface area (Å²) < 4.78 is 5.53. The minimum absolute atomic E-state index is 0. The number of aromatic nitrogens is 2. The van der Waals surface area contributed by atoms with Gasteiger partial charge in [-0.05, 0) is 27.7 Å². The van der Waals surface area contributed by atoms with Gasteiger partial charge in [-0.2, -0.15) is 0 Å². The number of guanidine groups is 1. The third kappa shape index (κ3) is 4.94. The molecule has 0 aliphatic carbocycles. The van der Waals surface area contributed by atoms with Crippen LogP contribution in [0.5, 0.6) is 0 Å². The molecule has 0 saturated carbocycles. The highest BCUT2D eigenvalue weighted by Crippen LogP contribution is 2.16. The number of aliphatic imine (C=N–C) groups is 1. The van der Waals surface area contributed by atoms with E-state index in [4.69, 9.17) is 4.42 Å². The Bertz CT molecular complexity index is 630. The predicted octanol–water partition coefficient (Wildman–Crippen LogP) is 2.85. The van der Waals surface area contributed by atoms with Gasteiger partial charge in [0.1, 0.15) is 5.76 Å². The fourth-order valence-corrected chi connectivity index (χ4v) is 2.77. The number of nitrogens with one attached hydrogen (secondary N) is 2. The van der Waals surface area contributed by atoms with Gasteiger partial charge < -0.3 is 15.1 Å². The number of oxazole rings is 1. The van der Waals surface area contributed by atoms with E-state index in [0.717, 1.165) is 22.2 Å². The number of hydrogen-bond donors (Lipinski definition) is 2. The van der Waals surface area contributed by atoms with Crippen LogP contribution in [0, 0.1) is 27.7 Å². The number of thiazole rings is 1. The average Bonchev–Trinajstić information content (AvgIpc) is 2.92. The van der Waals surface area contributed by atoms with Gasteiger partial charge >= 0.3 is 0 Å². The second kappa shape index (κ2) is 8.47. The van der Waals surface area contributed by atoms with Gasteiger partial charge in [0.05, 0.1) is 29.5 Å². The molecule has 122 valence electrons. The molecule has 2 N–H and O–H groups in total. The molecule has 2 rings (SSSR count). The summed E-state index contributed by atoms with van der Waals surface area (Å²) in [6.45, 7) is 9.10. The van der Waals surface area contributed by atoms with E-state index in [-0.39, 0.29) is 24.0 Å². The SMILES string of the molecule is CN=C(NCc1nc(C)c(C)o1)NCc1sc(C)nc1C.I. The number of rotatable bonds is 4. The monoisotopic (exact) mass is 435 g/mol. The van der Waals surface area contributed by atoms with E-state index >= 15 is 0 Å². The van der Waals surface area contributed by atoms with Crippen LogP contribution in [0.4, 0.5) is 0 Å². The van der Waals surface area contributed by atoms with E-state index in [9.17, 15) is 0 Å². The maximum absolute atomic E-state index is 5.53. The first kappa shape index (κ1) is 18.9. The van der Waals surface area contributed by atoms with Crippen LogP contribution in [0.3, 0.4) is 0 Å². The van der Waals surface area contributed by atoms with E-state index in [2.05, 4.69) is 25.6 Å². The molecule has 0 bridgehead atoms. The topological polar surface area (TPSA) is 75.3 Å². The molecule has 2 heterocycles. The summed E-state index contributed by atoms with van der Waals surface area (Å²) in [6, 6.07) is 0. The van der Waals surface area contributed by atoms with Gasteiger partial charge in [0.2, 0.25) is 5.89 Å². The van der Waals surface area contributed by atoms with Crippen LogP contribution in [-0.2, 0) is 13.1 Å². The summed E-state index contributed by atoms with van der Waals surface area (Å²) >= 11 is 1.70. The standard InChI is InChI=1S/C14H21N5OS.HI/c1-8-10(3)20-13(19-8)7-17-14(15-5)16-6-12-9(2)18-11(4)21-12;/h6-7H2,1-5H3,(H2,15,16,17);1H. The fraction of sp³-hybridized carbons (Fsp3) is 0.500. The molecule has 8 heteroatoms. The number of nitrogens with zero attached hydrogens (tertiary/aromatic N) is 3. The lowest BCUT2D eigenvalue weighted by molar-refractivity contribution is 0.463. The maximum atomic E-state index is 5.53. The third-order valence-electron chi connectivity index (χ3n) is 3.12. The Morgan fingerprint density at radius 3 is 2.27 bits per heavy atom. The van der Waals surface area contributed by atoms with Crippen LogP contribution in [0.15, 0.2) is 9.41 Å². The summed E-state index contributed by atoms with van der Waals surface area (Å²) in [5.74, 6) is 2.23. The number of aryl methyl sites for hydroxylation is 4. The summed E-state index contributed by atoms with van der Waals surface area (Å²) in [4.78, 5) is 14.2. The highest BCUT2D eigenvalue weighted by molar-refractivity contribution is 14.0. The lowest BCUT2D eigenvalue weighted by Gasteiger charge is -2.09. The molecular formula is C14H22IN5OS. The Labute approximate surface area is 151 Å². The second-order valence-corrected chi connectivity index (χ2v) is 6.06. The molecule has 2 aromatic rings. The summed E-state index contributed by atoms with van der Waals surface area (Å²) in [6.07, 6.45) is 0. The van der Waals surface area contributed by atoms with Crippen LogP contribution in [0.2, 0.25) is 0 Å². The van der Waals surface area contributed by atoms with Gasteiger partial charge in [0.25, 0.3) is 0 Å². The maximum Gasteiger partial charge on any atom is 0.214 e. The van der Waals surface area contributed by atoms with Crippen LogP contribution in [0.25, 0.3) is 0 Å². The van der Waals surface area contributed by atoms with Gasteiger partial charge in [0, 0.05) is 11.9 Å². The Hall–Kier alpha value is -1.16. The molecule has 0 aliphatic heterocycles. The molecule has 2 aromatic heterocycles. The molecule has 0 aromatic carbocycles. The van der Waals surface area contributed by atoms with E-state index in [1.807, 2.05) is 27.7 Å². The normalized spacial score (nSPS) is 11.2. The van der Waals surface area contributed by atoms with Gasteiger partial charge in [-0.15, -0.1) is 35.3 Å². The van der Waals surface area contributed by atoms with Crippen molar-refractivity contribution in [3.8, 4) is 0 Å². The number of hydrogen-bond acceptors (Lipinski definition) is 5. The first-order valence-corrected chi connectivity index (χ1v) is 7.61. The molecule has 0 aliphatic rings. The summed E-state index contributed by atoms with van der Waals surface area (Å²) in [5.41, 5.74) is 1.99. The van der Waals surface area contributed by atoms with Crippen molar-refractivity contribution in [1.29, 1.82) is 0 Å². The van der Waals surface area contributed by atoms with E-state index in [0.29, 0.717) is 24.9 Å². The highest BCUT2D eigenvalue weighted by atomic mass is 127. The quantitative estimate of drug-likeness (QED) is 0.439. The Balaban J connectivity index is 0.00000242. The largest absolute Gasteiger partial charge is 0.444 e. The average molecular weight is 435 g/mol. The molecule has 0 radical (unpaired) electrons. The molecule has 22 heavy (non-hydrogen) atoms. The van der Waals surface area contributed by atoms with E-state index < -0.39 is 0 Å². The van der Waals surface area contributed by atoms with Gasteiger partial charge in [-0.3, -0.25) is 4.99 Å². The molecule has 0 amide bonds. The minimum atomic E-state index is 0. The first-order valence-electron chi connectivity index (χ1n) is 6.80. The Morgan fingerprint density at radius 1 is 1.09 bits per heavy atom. The fourth-order valence-electron chi connectivity index (χ4n) is 1.90. The van der Waals surface area contributed by atoms with Crippen molar-refractivity contribution in [2.45, 2.75) is 40.8 Å². The van der Waals surface area contributed by atoms with Crippen LogP contribution in [0.1, 0.15) is 32.9 Å². The second-order valence-electron chi connectivity index (χ2n) is 4.77. The van der Waals surface area contributed by atoms with E-state index in [1.54, 1.807) is 18.4 Å². The van der Waals surface area contributed by atoms with Crippen molar-refractivity contribution in [2.24, 2.45) is 4.99 Å². The third-order valence-corrected chi connectivity index (χ3v) is 4.19. The van der Waals surface area contributed by atoms with Crippen LogP contribution in [-0.4, -0.2) is 23.0 Å². The van der Waals surface area contributed by atoms with Gasteiger partial charge in [-0.1, -0.05) is 0 Å². The summed E-state index contributed by atoms with van der Waals surface area (Å²) in [5, 5.41) is 7.54. The minimum Gasteiger partial charge on any atom is -0.444 e. The Morgan fingerprint density at radius 2 is 1.77 bits per heavy atom. The van der Waals surface area contributed by atoms with E-state index in [1.165, 1.54) is 4.88 Å². The zero-order valence-electron chi connectivity index (χ0n) is 13.5. The molecular weight excluding hydrogens is 413 g/mol. The zero-order chi connectivity index (χ0) is 15.4. The van der Waals surface area contributed by atoms with Crippen molar-refractivity contribution in [3.63, 3.8) is 0 Å². The predicted molar refractivity (Wildman–Crippen MR) is 100 cm³/mol. The smallest absolute Gasteiger partial charge is 0.214 e. The lowest BCUT2D eigenvalue weighted by atomic mass is 10.4. The van der Waals surface area contributed by atoms with Gasteiger partial charge in [-0.25, -0.2) is 9.97 Å². The lowest BCUT2D eigenvalue weighted by Crippen LogP contribution is -2.36. The van der Waals surface area contributed by atoms with Crippen molar-refractivity contribution in [2.75, 3.05) is 7.05 Å². The molecule has 0 saturated heterocycles. The molecule has 0 spiro atoms. The molecule has 0 unspecified atom stereocenters. The Kier molecular flexibility index (Phi) is 7.27. The number of halogens is 1. The van der Waals surface area contributed by atoms with Crippen LogP contribution >= 0.6 is 35.3 Å².